The van der Waals surface area contributed by atoms with Crippen molar-refractivity contribution < 1.29 is 0 Å². The molecule has 0 heterocycles. The maximum Gasteiger partial charge on any atom is 0.128 e. The molecule has 0 amide bonds. The van der Waals surface area contributed by atoms with Gasteiger partial charge in [0.1, 0.15) is 7.28 Å². The molecule has 0 spiro atoms. The molecular formula is C17H31B. The predicted molar refractivity (Wildman–Crippen MR) is 81.4 cm³/mol. The van der Waals surface area contributed by atoms with Crippen LogP contribution in [0.15, 0.2) is 0 Å². The van der Waals surface area contributed by atoms with Crippen molar-refractivity contribution >= 4 is 7.28 Å². The molecule has 2 bridgehead atoms. The van der Waals surface area contributed by atoms with E-state index in [1.54, 1.807) is 20.1 Å². The van der Waals surface area contributed by atoms with Crippen LogP contribution in [0.3, 0.4) is 0 Å². The van der Waals surface area contributed by atoms with E-state index in [9.17, 15) is 0 Å². The van der Waals surface area contributed by atoms with E-state index < -0.39 is 0 Å². The fourth-order valence-corrected chi connectivity index (χ4v) is 5.70. The minimum atomic E-state index is 0.675. The zero-order valence-corrected chi connectivity index (χ0v) is 12.9. The Hall–Kier alpha value is 0.0649. The van der Waals surface area contributed by atoms with Gasteiger partial charge in [-0.15, -0.1) is 0 Å². The quantitative estimate of drug-likeness (QED) is 0.607. The van der Waals surface area contributed by atoms with Crippen molar-refractivity contribution in [2.75, 3.05) is 0 Å². The highest BCUT2D eigenvalue weighted by atomic mass is 14.6. The second-order valence-corrected chi connectivity index (χ2v) is 8.47. The van der Waals surface area contributed by atoms with E-state index in [1.807, 2.05) is 0 Å². The fourth-order valence-electron chi connectivity index (χ4n) is 5.70. The van der Waals surface area contributed by atoms with Crippen molar-refractivity contribution in [3.63, 3.8) is 0 Å². The summed E-state index contributed by atoms with van der Waals surface area (Å²) < 4.78 is 0. The smallest absolute Gasteiger partial charge is 0.0629 e. The monoisotopic (exact) mass is 246 g/mol. The number of fused-ring (bicyclic) bond motifs is 2. The maximum absolute atomic E-state index is 2.57. The Morgan fingerprint density at radius 1 is 0.944 bits per heavy atom. The molecule has 0 aromatic carbocycles. The van der Waals surface area contributed by atoms with Crippen LogP contribution < -0.4 is 0 Å². The summed E-state index contributed by atoms with van der Waals surface area (Å²) in [4.78, 5) is 0. The summed E-state index contributed by atoms with van der Waals surface area (Å²) in [6, 6.07) is 0. The van der Waals surface area contributed by atoms with Gasteiger partial charge < -0.3 is 0 Å². The average Bonchev–Trinajstić information content (AvgIpc) is 2.33. The lowest BCUT2D eigenvalue weighted by atomic mass is 9.34. The summed E-state index contributed by atoms with van der Waals surface area (Å²) in [5, 5.41) is 0. The molecule has 4 fully saturated rings. The number of hydrogen-bond donors (Lipinski definition) is 0. The van der Waals surface area contributed by atoms with E-state index >= 15 is 0 Å². The van der Waals surface area contributed by atoms with Gasteiger partial charge in [0.15, 0.2) is 0 Å². The first kappa shape index (κ1) is 13.1. The number of hydrogen-bond acceptors (Lipinski definition) is 0. The van der Waals surface area contributed by atoms with Crippen LogP contribution in [-0.4, -0.2) is 7.28 Å². The minimum absolute atomic E-state index is 0.675. The van der Waals surface area contributed by atoms with Crippen LogP contribution in [0, 0.1) is 29.1 Å². The van der Waals surface area contributed by atoms with E-state index in [-0.39, 0.29) is 0 Å². The van der Waals surface area contributed by atoms with Crippen LogP contribution in [0.1, 0.15) is 66.2 Å². The molecule has 0 aliphatic heterocycles. The van der Waals surface area contributed by atoms with Gasteiger partial charge in [-0.05, 0) is 35.5 Å². The lowest BCUT2D eigenvalue weighted by molar-refractivity contribution is -0.0988. The van der Waals surface area contributed by atoms with E-state index in [0.717, 1.165) is 35.3 Å². The Morgan fingerprint density at radius 3 is 2.28 bits per heavy atom. The second kappa shape index (κ2) is 4.56. The average molecular weight is 246 g/mol. The zero-order valence-electron chi connectivity index (χ0n) is 12.9. The molecule has 0 nitrogen and oxygen atoms in total. The summed E-state index contributed by atoms with van der Waals surface area (Å²) in [6.45, 7) is 10.1. The molecule has 4 aliphatic rings. The van der Waals surface area contributed by atoms with Gasteiger partial charge in [0, 0.05) is 0 Å². The van der Waals surface area contributed by atoms with Gasteiger partial charge in [0.2, 0.25) is 0 Å². The topological polar surface area (TPSA) is 0 Å². The molecule has 4 aliphatic carbocycles. The van der Waals surface area contributed by atoms with Gasteiger partial charge in [-0.1, -0.05) is 71.4 Å². The van der Waals surface area contributed by atoms with Crippen LogP contribution in [0.25, 0.3) is 0 Å². The van der Waals surface area contributed by atoms with Crippen molar-refractivity contribution in [1.82, 2.24) is 0 Å². The standard InChI is InChI=1S/C17H31B/c1-11-7-5-6-8-15(11)18-16-10-13-9-14(12(16)2)17(13,3)4/h11-16,18H,5-10H2,1-4H3/t11?,12-,13-,14+,15?,16?/m1/s1. The van der Waals surface area contributed by atoms with Crippen molar-refractivity contribution in [2.45, 2.75) is 77.9 Å². The maximum atomic E-state index is 2.57. The largest absolute Gasteiger partial charge is 0.128 e. The molecule has 18 heavy (non-hydrogen) atoms. The molecule has 0 radical (unpaired) electrons. The van der Waals surface area contributed by atoms with E-state index in [1.165, 1.54) is 25.7 Å². The molecule has 4 saturated carbocycles. The normalized spacial score (nSPS) is 50.4. The van der Waals surface area contributed by atoms with E-state index in [4.69, 9.17) is 0 Å². The first-order valence-electron chi connectivity index (χ1n) is 8.50. The van der Waals surface area contributed by atoms with Crippen LogP contribution in [0.4, 0.5) is 0 Å². The van der Waals surface area contributed by atoms with Crippen LogP contribution in [-0.2, 0) is 0 Å². The minimum Gasteiger partial charge on any atom is -0.0629 e. The van der Waals surface area contributed by atoms with Crippen molar-refractivity contribution in [2.24, 2.45) is 29.1 Å². The second-order valence-electron chi connectivity index (χ2n) is 8.47. The number of rotatable bonds is 2. The van der Waals surface area contributed by atoms with Gasteiger partial charge in [0.05, 0.1) is 0 Å². The fraction of sp³-hybridized carbons (Fsp3) is 1.00. The molecule has 0 aromatic rings. The van der Waals surface area contributed by atoms with Gasteiger partial charge >= 0.3 is 0 Å². The lowest BCUT2D eigenvalue weighted by Gasteiger charge is -2.62. The molecular weight excluding hydrogens is 215 g/mol. The summed E-state index contributed by atoms with van der Waals surface area (Å²) in [5.74, 6) is 6.23. The van der Waals surface area contributed by atoms with Gasteiger partial charge in [-0.3, -0.25) is 0 Å². The van der Waals surface area contributed by atoms with Gasteiger partial charge in [-0.2, -0.15) is 0 Å². The molecule has 0 N–H and O–H groups in total. The summed E-state index contributed by atoms with van der Waals surface area (Å²) in [5.41, 5.74) is 0.675. The molecule has 1 heteroatoms. The van der Waals surface area contributed by atoms with Crippen molar-refractivity contribution in [3.05, 3.63) is 0 Å². The highest BCUT2D eigenvalue weighted by Crippen LogP contribution is 2.65. The Kier molecular flexibility index (Phi) is 3.31. The Balaban J connectivity index is 1.61. The van der Waals surface area contributed by atoms with E-state index in [2.05, 4.69) is 27.7 Å². The van der Waals surface area contributed by atoms with E-state index in [0.29, 0.717) is 5.41 Å². The third-order valence-electron chi connectivity index (χ3n) is 7.41. The summed E-state index contributed by atoms with van der Waals surface area (Å²) in [7, 11) is 1.56. The lowest BCUT2D eigenvalue weighted by Crippen LogP contribution is -2.54. The van der Waals surface area contributed by atoms with Gasteiger partial charge in [0.25, 0.3) is 0 Å². The SMILES string of the molecule is CC1CCCCC1BC1C[C@H]2C[C@@H]([C@H]1C)C2(C)C. The highest BCUT2D eigenvalue weighted by molar-refractivity contribution is 6.40. The van der Waals surface area contributed by atoms with Crippen molar-refractivity contribution in [3.8, 4) is 0 Å². The van der Waals surface area contributed by atoms with Crippen molar-refractivity contribution in [1.29, 1.82) is 0 Å². The molecule has 3 unspecified atom stereocenters. The van der Waals surface area contributed by atoms with Crippen LogP contribution in [0.2, 0.25) is 11.6 Å². The van der Waals surface area contributed by atoms with Crippen LogP contribution in [0.5, 0.6) is 0 Å². The Labute approximate surface area is 115 Å². The molecule has 4 rings (SSSR count). The molecule has 0 aromatic heterocycles. The van der Waals surface area contributed by atoms with Crippen LogP contribution >= 0.6 is 0 Å². The third kappa shape index (κ3) is 1.97. The predicted octanol–water partition coefficient (Wildman–Crippen LogP) is 4.91. The van der Waals surface area contributed by atoms with Gasteiger partial charge in [-0.25, -0.2) is 0 Å². The Morgan fingerprint density at radius 2 is 1.67 bits per heavy atom. The molecule has 0 saturated heterocycles. The summed E-state index contributed by atoms with van der Waals surface area (Å²) >= 11 is 0. The Bertz CT molecular complexity index is 309. The summed E-state index contributed by atoms with van der Waals surface area (Å²) in [6.07, 6.45) is 9.14. The zero-order chi connectivity index (χ0) is 12.9. The molecule has 6 atom stereocenters. The third-order valence-corrected chi connectivity index (χ3v) is 7.41. The molecule has 102 valence electrons. The first-order valence-corrected chi connectivity index (χ1v) is 8.50. The first-order chi connectivity index (χ1) is 8.50. The highest BCUT2D eigenvalue weighted by Gasteiger charge is 2.56.